The second-order valence-corrected chi connectivity index (χ2v) is 9.16. The largest absolute Gasteiger partial charge is 0.508 e. The van der Waals surface area contributed by atoms with E-state index in [9.17, 15) is 19.8 Å². The van der Waals surface area contributed by atoms with Gasteiger partial charge in [0.1, 0.15) is 23.0 Å². The molecule has 0 unspecified atom stereocenters. The number of rotatable bonds is 6. The lowest BCUT2D eigenvalue weighted by atomic mass is 9.98. The number of carbonyl (C=O) groups excluding carboxylic acids is 2. The Balaban J connectivity index is 1.72. The van der Waals surface area contributed by atoms with Gasteiger partial charge in [-0.05, 0) is 35.2 Å². The monoisotopic (exact) mass is 477 g/mol. The van der Waals surface area contributed by atoms with Gasteiger partial charge >= 0.3 is 0 Å². The molecule has 0 spiro atoms. The molecule has 0 atom stereocenters. The minimum Gasteiger partial charge on any atom is -0.508 e. The van der Waals surface area contributed by atoms with E-state index in [2.05, 4.69) is 15.2 Å². The van der Waals surface area contributed by atoms with E-state index in [0.29, 0.717) is 48.0 Å². The van der Waals surface area contributed by atoms with Gasteiger partial charge in [-0.1, -0.05) is 26.0 Å². The average Bonchev–Trinajstić information content (AvgIpc) is 3.26. The van der Waals surface area contributed by atoms with E-state index in [1.165, 1.54) is 12.3 Å². The number of likely N-dealkylation sites (N-methyl/N-ethyl adjacent to an activating group) is 1. The minimum atomic E-state index is -0.314. The highest BCUT2D eigenvalue weighted by molar-refractivity contribution is 5.94. The summed E-state index contributed by atoms with van der Waals surface area (Å²) in [5, 5.41) is 23.5. The van der Waals surface area contributed by atoms with Gasteiger partial charge in [0.2, 0.25) is 5.91 Å². The summed E-state index contributed by atoms with van der Waals surface area (Å²) in [6.45, 7) is 6.46. The van der Waals surface area contributed by atoms with Gasteiger partial charge in [-0.25, -0.2) is 4.98 Å². The van der Waals surface area contributed by atoms with Crippen LogP contribution in [0.2, 0.25) is 0 Å². The fraction of sp³-hybridized carbons (Fsp3) is 0.346. The molecule has 1 aromatic heterocycles. The molecule has 1 aliphatic rings. The molecule has 0 saturated carbocycles. The number of phenols is 2. The molecule has 1 aliphatic heterocycles. The second kappa shape index (κ2) is 9.79. The summed E-state index contributed by atoms with van der Waals surface area (Å²) in [6, 6.07) is 10.7. The van der Waals surface area contributed by atoms with Crippen molar-refractivity contribution >= 4 is 11.8 Å². The van der Waals surface area contributed by atoms with E-state index in [1.807, 2.05) is 45.2 Å². The van der Waals surface area contributed by atoms with Crippen LogP contribution in [0, 0.1) is 0 Å². The number of piperazine rings is 1. The predicted octanol–water partition coefficient (Wildman–Crippen LogP) is 2.71. The molecule has 3 aromatic rings. The van der Waals surface area contributed by atoms with Gasteiger partial charge < -0.3 is 20.4 Å². The van der Waals surface area contributed by atoms with E-state index >= 15 is 0 Å². The van der Waals surface area contributed by atoms with Crippen molar-refractivity contribution in [2.45, 2.75) is 26.3 Å². The maximum Gasteiger partial charge on any atom is 0.269 e. The molecule has 0 bridgehead atoms. The summed E-state index contributed by atoms with van der Waals surface area (Å²) >= 11 is 0. The number of phenolic OH excluding ortho intramolecular Hbond substituents is 2. The predicted molar refractivity (Wildman–Crippen MR) is 133 cm³/mol. The van der Waals surface area contributed by atoms with Gasteiger partial charge in [-0.2, -0.15) is 0 Å². The summed E-state index contributed by atoms with van der Waals surface area (Å²) in [5.74, 6) is 0.0975. The third kappa shape index (κ3) is 4.85. The fourth-order valence-corrected chi connectivity index (χ4v) is 4.28. The average molecular weight is 478 g/mol. The first-order chi connectivity index (χ1) is 16.7. The van der Waals surface area contributed by atoms with E-state index in [1.54, 1.807) is 22.6 Å². The third-order valence-electron chi connectivity index (χ3n) is 6.37. The molecular weight excluding hydrogens is 446 g/mol. The molecule has 35 heavy (non-hydrogen) atoms. The van der Waals surface area contributed by atoms with Crippen LogP contribution in [0.3, 0.4) is 0 Å². The second-order valence-electron chi connectivity index (χ2n) is 9.16. The van der Waals surface area contributed by atoms with Crippen LogP contribution < -0.4 is 5.32 Å². The van der Waals surface area contributed by atoms with Crippen molar-refractivity contribution < 1.29 is 19.8 Å². The van der Waals surface area contributed by atoms with Gasteiger partial charge in [-0.3, -0.25) is 19.1 Å². The molecule has 2 heterocycles. The first-order valence-corrected chi connectivity index (χ1v) is 11.6. The van der Waals surface area contributed by atoms with Crippen molar-refractivity contribution in [3.05, 3.63) is 59.4 Å². The maximum absolute atomic E-state index is 12.6. The first kappa shape index (κ1) is 24.3. The molecular formula is C26H31N5O4. The van der Waals surface area contributed by atoms with Gasteiger partial charge in [0.15, 0.2) is 0 Å². The lowest BCUT2D eigenvalue weighted by Crippen LogP contribution is -2.47. The topological polar surface area (TPSA) is 111 Å². The van der Waals surface area contributed by atoms with Crippen molar-refractivity contribution in [1.29, 1.82) is 0 Å². The number of amides is 2. The van der Waals surface area contributed by atoms with Crippen LogP contribution in [-0.4, -0.2) is 75.1 Å². The molecule has 9 nitrogen and oxygen atoms in total. The number of nitrogens with one attached hydrogen (secondary N) is 1. The number of imidazole rings is 1. The summed E-state index contributed by atoms with van der Waals surface area (Å²) in [6.07, 6.45) is 1.47. The van der Waals surface area contributed by atoms with Crippen LogP contribution in [0.4, 0.5) is 0 Å². The van der Waals surface area contributed by atoms with Crippen LogP contribution in [-0.2, 0) is 11.3 Å². The van der Waals surface area contributed by atoms with Crippen molar-refractivity contribution in [2.24, 2.45) is 0 Å². The van der Waals surface area contributed by atoms with E-state index < -0.39 is 0 Å². The van der Waals surface area contributed by atoms with Gasteiger partial charge in [-0.15, -0.1) is 0 Å². The quantitative estimate of drug-likeness (QED) is 0.504. The van der Waals surface area contributed by atoms with Crippen LogP contribution in [0.25, 0.3) is 17.1 Å². The van der Waals surface area contributed by atoms with Crippen LogP contribution >= 0.6 is 0 Å². The Morgan fingerprint density at radius 2 is 1.83 bits per heavy atom. The Kier molecular flexibility index (Phi) is 6.79. The van der Waals surface area contributed by atoms with E-state index in [0.717, 1.165) is 12.1 Å². The Morgan fingerprint density at radius 3 is 2.46 bits per heavy atom. The summed E-state index contributed by atoms with van der Waals surface area (Å²) in [7, 11) is 3.37. The number of benzene rings is 2. The zero-order valence-electron chi connectivity index (χ0n) is 20.4. The van der Waals surface area contributed by atoms with Crippen molar-refractivity contribution in [3.63, 3.8) is 0 Å². The Hall–Kier alpha value is -3.85. The Labute approximate surface area is 204 Å². The van der Waals surface area contributed by atoms with Crippen LogP contribution in [0.5, 0.6) is 11.5 Å². The first-order valence-electron chi connectivity index (χ1n) is 11.6. The highest BCUT2D eigenvalue weighted by atomic mass is 16.3. The van der Waals surface area contributed by atoms with Gasteiger partial charge in [0.05, 0.1) is 18.3 Å². The molecule has 0 radical (unpaired) electrons. The molecule has 1 fully saturated rings. The van der Waals surface area contributed by atoms with Crippen LogP contribution in [0.1, 0.15) is 41.4 Å². The SMILES string of the molecule is CNC(=O)c1cnc(-c2cc(C(C)C)c(O)cc2O)n1-c1ccc(CN2CCN(C)C(=O)C2)cc1. The molecule has 3 N–H and O–H groups in total. The number of hydrogen-bond acceptors (Lipinski definition) is 6. The Morgan fingerprint density at radius 1 is 1.11 bits per heavy atom. The molecule has 1 saturated heterocycles. The standard InChI is InChI=1S/C26H31N5O4/c1-16(2)19-11-20(23(33)12-22(19)32)25-28-13-21(26(35)27-3)31(25)18-7-5-17(6-8-18)14-30-10-9-29(4)24(34)15-30/h5-8,11-13,16,32-33H,9-10,14-15H2,1-4H3,(H,27,35). The maximum atomic E-state index is 12.6. The smallest absolute Gasteiger partial charge is 0.269 e. The summed E-state index contributed by atoms with van der Waals surface area (Å²) in [4.78, 5) is 33.0. The van der Waals surface area contributed by atoms with Crippen molar-refractivity contribution in [3.8, 4) is 28.6 Å². The molecule has 184 valence electrons. The fourth-order valence-electron chi connectivity index (χ4n) is 4.28. The number of aromatic nitrogens is 2. The lowest BCUT2D eigenvalue weighted by Gasteiger charge is -2.31. The molecule has 9 heteroatoms. The van der Waals surface area contributed by atoms with Crippen molar-refractivity contribution in [2.75, 3.05) is 33.7 Å². The van der Waals surface area contributed by atoms with E-state index in [-0.39, 0.29) is 29.2 Å². The number of aromatic hydroxyl groups is 2. The van der Waals surface area contributed by atoms with Gasteiger partial charge in [0.25, 0.3) is 5.91 Å². The highest BCUT2D eigenvalue weighted by Crippen LogP contribution is 2.38. The zero-order chi connectivity index (χ0) is 25.3. The summed E-state index contributed by atoms with van der Waals surface area (Å²) in [5.41, 5.74) is 3.16. The third-order valence-corrected chi connectivity index (χ3v) is 6.37. The van der Waals surface area contributed by atoms with Crippen LogP contribution in [0.15, 0.2) is 42.6 Å². The van der Waals surface area contributed by atoms with E-state index in [4.69, 9.17) is 0 Å². The van der Waals surface area contributed by atoms with Gasteiger partial charge in [0, 0.05) is 45.5 Å². The molecule has 0 aliphatic carbocycles. The zero-order valence-corrected chi connectivity index (χ0v) is 20.4. The summed E-state index contributed by atoms with van der Waals surface area (Å²) < 4.78 is 1.69. The lowest BCUT2D eigenvalue weighted by molar-refractivity contribution is -0.134. The minimum absolute atomic E-state index is 0.0117. The number of nitrogens with zero attached hydrogens (tertiary/aromatic N) is 4. The number of carbonyl (C=O) groups is 2. The highest BCUT2D eigenvalue weighted by Gasteiger charge is 2.23. The molecule has 2 aromatic carbocycles. The Bertz CT molecular complexity index is 1250. The number of hydrogen-bond donors (Lipinski definition) is 3. The normalized spacial score (nSPS) is 14.5. The molecule has 4 rings (SSSR count). The van der Waals surface area contributed by atoms with Crippen molar-refractivity contribution in [1.82, 2.24) is 24.7 Å². The molecule has 2 amide bonds.